The van der Waals surface area contributed by atoms with Gasteiger partial charge in [-0.1, -0.05) is 42.5 Å². The lowest BCUT2D eigenvalue weighted by Gasteiger charge is -2.34. The first kappa shape index (κ1) is 28.3. The number of hydrogen-bond donors (Lipinski definition) is 2. The lowest BCUT2D eigenvalue weighted by molar-refractivity contribution is -0.130. The van der Waals surface area contributed by atoms with Crippen LogP contribution in [-0.4, -0.2) is 41.9 Å². The normalized spacial score (nSPS) is 17.4. The summed E-state index contributed by atoms with van der Waals surface area (Å²) in [6, 6.07) is 18.3. The fourth-order valence-electron chi connectivity index (χ4n) is 5.44. The molecule has 2 aromatic carbocycles. The Morgan fingerprint density at radius 3 is 2.36 bits per heavy atom. The van der Waals surface area contributed by atoms with Crippen LogP contribution < -0.4 is 15.8 Å². The molecule has 0 spiro atoms. The molecule has 0 atom stereocenters. The van der Waals surface area contributed by atoms with Gasteiger partial charge in [-0.05, 0) is 63.1 Å². The number of nitrogens with two attached hydrogens (primary N) is 1. The van der Waals surface area contributed by atoms with Crippen molar-refractivity contribution in [2.24, 2.45) is 11.7 Å². The van der Waals surface area contributed by atoms with Crippen molar-refractivity contribution < 1.29 is 14.3 Å². The molecule has 1 saturated carbocycles. The molecule has 1 fully saturated rings. The van der Waals surface area contributed by atoms with Crippen LogP contribution in [0.15, 0.2) is 60.8 Å². The highest BCUT2D eigenvalue weighted by Crippen LogP contribution is 2.37. The van der Waals surface area contributed by atoms with Gasteiger partial charge in [0.15, 0.2) is 0 Å². The molecule has 1 aliphatic rings. The summed E-state index contributed by atoms with van der Waals surface area (Å²) in [5, 5.41) is 3.07. The summed E-state index contributed by atoms with van der Waals surface area (Å²) in [7, 11) is 3.51. The van der Waals surface area contributed by atoms with E-state index in [1.807, 2.05) is 80.4 Å². The Bertz CT molecular complexity index is 1310. The standard InChI is InChI=1S/C32H40N4O3/c1-21(37)36(4)26-14-11-22(12-15-26)17-30(38)35-25-19-27(23-9-7-6-8-10-23)31(34-20-25)24-13-16-28(32(2,3)33)29(18-24)39-5/h6-10,13,16,18-20,22,26H,11-12,14-15,17,33H2,1-5H3,(H,35,38). The van der Waals surface area contributed by atoms with Gasteiger partial charge >= 0.3 is 0 Å². The molecular formula is C32H40N4O3. The number of ether oxygens (including phenoxy) is 1. The van der Waals surface area contributed by atoms with Crippen molar-refractivity contribution in [3.05, 3.63) is 66.4 Å². The molecule has 0 aliphatic heterocycles. The van der Waals surface area contributed by atoms with E-state index in [9.17, 15) is 9.59 Å². The topological polar surface area (TPSA) is 97.5 Å². The number of methoxy groups -OCH3 is 1. The second-order valence-corrected chi connectivity index (χ2v) is 11.2. The maximum atomic E-state index is 13.0. The van der Waals surface area contributed by atoms with E-state index in [4.69, 9.17) is 15.5 Å². The van der Waals surface area contributed by atoms with E-state index in [0.29, 0.717) is 23.8 Å². The quantitative estimate of drug-likeness (QED) is 0.375. The largest absolute Gasteiger partial charge is 0.496 e. The van der Waals surface area contributed by atoms with Crippen LogP contribution in [0.3, 0.4) is 0 Å². The Labute approximate surface area is 231 Å². The van der Waals surface area contributed by atoms with Crippen LogP contribution in [0.2, 0.25) is 0 Å². The van der Waals surface area contributed by atoms with E-state index in [1.165, 1.54) is 0 Å². The van der Waals surface area contributed by atoms with Gasteiger partial charge in [-0.3, -0.25) is 14.6 Å². The van der Waals surface area contributed by atoms with Gasteiger partial charge in [0.2, 0.25) is 11.8 Å². The zero-order valence-electron chi connectivity index (χ0n) is 23.7. The van der Waals surface area contributed by atoms with Crippen molar-refractivity contribution in [3.8, 4) is 28.1 Å². The number of rotatable bonds is 8. The third-order valence-electron chi connectivity index (χ3n) is 7.76. The molecular weight excluding hydrogens is 488 g/mol. The number of nitrogens with zero attached hydrogens (tertiary/aromatic N) is 2. The first-order valence-corrected chi connectivity index (χ1v) is 13.6. The molecule has 4 rings (SSSR count). The highest BCUT2D eigenvalue weighted by atomic mass is 16.5. The van der Waals surface area contributed by atoms with Crippen LogP contribution in [0.5, 0.6) is 5.75 Å². The highest BCUT2D eigenvalue weighted by Gasteiger charge is 2.27. The Balaban J connectivity index is 1.54. The summed E-state index contributed by atoms with van der Waals surface area (Å²) >= 11 is 0. The Kier molecular flexibility index (Phi) is 8.70. The predicted molar refractivity (Wildman–Crippen MR) is 156 cm³/mol. The molecule has 0 radical (unpaired) electrons. The summed E-state index contributed by atoms with van der Waals surface area (Å²) in [6.07, 6.45) is 5.94. The van der Waals surface area contributed by atoms with E-state index in [2.05, 4.69) is 5.32 Å². The summed E-state index contributed by atoms with van der Waals surface area (Å²) < 4.78 is 5.68. The van der Waals surface area contributed by atoms with Crippen LogP contribution in [0.4, 0.5) is 5.69 Å². The van der Waals surface area contributed by atoms with E-state index >= 15 is 0 Å². The van der Waals surface area contributed by atoms with Gasteiger partial charge in [0.1, 0.15) is 5.75 Å². The lowest BCUT2D eigenvalue weighted by atomic mass is 9.83. The lowest BCUT2D eigenvalue weighted by Crippen LogP contribution is -2.38. The third kappa shape index (κ3) is 6.84. The highest BCUT2D eigenvalue weighted by molar-refractivity contribution is 5.93. The molecule has 1 heterocycles. The number of aromatic nitrogens is 1. The number of amides is 2. The van der Waals surface area contributed by atoms with Crippen LogP contribution in [-0.2, 0) is 15.1 Å². The van der Waals surface area contributed by atoms with Gasteiger partial charge in [-0.2, -0.15) is 0 Å². The molecule has 3 N–H and O–H groups in total. The first-order valence-electron chi connectivity index (χ1n) is 13.6. The summed E-state index contributed by atoms with van der Waals surface area (Å²) in [6.45, 7) is 5.51. The molecule has 0 bridgehead atoms. The molecule has 1 aliphatic carbocycles. The SMILES string of the molecule is COc1cc(-c2ncc(NC(=O)CC3CCC(N(C)C(C)=O)CC3)cc2-c2ccccc2)ccc1C(C)(C)N. The number of carbonyl (C=O) groups excluding carboxylic acids is 2. The maximum absolute atomic E-state index is 13.0. The summed E-state index contributed by atoms with van der Waals surface area (Å²) in [5.41, 5.74) is 11.0. The van der Waals surface area contributed by atoms with Gasteiger partial charge in [0.25, 0.3) is 0 Å². The Morgan fingerprint density at radius 1 is 1.05 bits per heavy atom. The number of pyridine rings is 1. The second kappa shape index (κ2) is 12.0. The summed E-state index contributed by atoms with van der Waals surface area (Å²) in [4.78, 5) is 31.3. The van der Waals surface area contributed by atoms with Crippen LogP contribution >= 0.6 is 0 Å². The molecule has 206 valence electrons. The van der Waals surface area contributed by atoms with Gasteiger partial charge in [0.05, 0.1) is 24.7 Å². The minimum atomic E-state index is -0.545. The van der Waals surface area contributed by atoms with Gasteiger partial charge in [0, 0.05) is 48.7 Å². The van der Waals surface area contributed by atoms with Crippen molar-refractivity contribution in [1.29, 1.82) is 0 Å². The molecule has 7 heteroatoms. The van der Waals surface area contributed by atoms with E-state index < -0.39 is 5.54 Å². The average Bonchev–Trinajstić information content (AvgIpc) is 2.92. The van der Waals surface area contributed by atoms with Crippen molar-refractivity contribution >= 4 is 17.5 Å². The number of carbonyl (C=O) groups is 2. The molecule has 7 nitrogen and oxygen atoms in total. The van der Waals surface area contributed by atoms with Crippen molar-refractivity contribution in [2.75, 3.05) is 19.5 Å². The smallest absolute Gasteiger partial charge is 0.224 e. The van der Waals surface area contributed by atoms with E-state index in [-0.39, 0.29) is 17.9 Å². The number of nitrogens with one attached hydrogen (secondary N) is 1. The summed E-state index contributed by atoms with van der Waals surface area (Å²) in [5.74, 6) is 1.12. The van der Waals surface area contributed by atoms with Crippen molar-refractivity contribution in [3.63, 3.8) is 0 Å². The predicted octanol–water partition coefficient (Wildman–Crippen LogP) is 5.98. The van der Waals surface area contributed by atoms with E-state index in [0.717, 1.165) is 53.6 Å². The molecule has 0 unspecified atom stereocenters. The maximum Gasteiger partial charge on any atom is 0.224 e. The zero-order valence-corrected chi connectivity index (χ0v) is 23.7. The van der Waals surface area contributed by atoms with E-state index in [1.54, 1.807) is 20.2 Å². The average molecular weight is 529 g/mol. The third-order valence-corrected chi connectivity index (χ3v) is 7.76. The molecule has 39 heavy (non-hydrogen) atoms. The fraction of sp³-hybridized carbons (Fsp3) is 0.406. The fourth-order valence-corrected chi connectivity index (χ4v) is 5.44. The Morgan fingerprint density at radius 2 is 1.74 bits per heavy atom. The van der Waals surface area contributed by atoms with Gasteiger partial charge < -0.3 is 20.7 Å². The van der Waals surface area contributed by atoms with Crippen LogP contribution in [0.25, 0.3) is 22.4 Å². The zero-order chi connectivity index (χ0) is 28.2. The number of hydrogen-bond acceptors (Lipinski definition) is 5. The van der Waals surface area contributed by atoms with Gasteiger partial charge in [-0.15, -0.1) is 0 Å². The number of anilines is 1. The van der Waals surface area contributed by atoms with Crippen molar-refractivity contribution in [1.82, 2.24) is 9.88 Å². The monoisotopic (exact) mass is 528 g/mol. The first-order chi connectivity index (χ1) is 18.6. The number of benzene rings is 2. The molecule has 1 aromatic heterocycles. The minimum Gasteiger partial charge on any atom is -0.496 e. The molecule has 0 saturated heterocycles. The molecule has 3 aromatic rings. The second-order valence-electron chi connectivity index (χ2n) is 11.2. The van der Waals surface area contributed by atoms with Crippen LogP contribution in [0.1, 0.15) is 58.4 Å². The van der Waals surface area contributed by atoms with Crippen molar-refractivity contribution in [2.45, 2.75) is 64.5 Å². The van der Waals surface area contributed by atoms with Gasteiger partial charge in [-0.25, -0.2) is 0 Å². The Hall–Kier alpha value is -3.71. The minimum absolute atomic E-state index is 0.0110. The molecule has 2 amide bonds. The van der Waals surface area contributed by atoms with Crippen LogP contribution in [0, 0.1) is 5.92 Å².